The molecule has 0 radical (unpaired) electrons. The van der Waals surface area contributed by atoms with Gasteiger partial charge in [0.25, 0.3) is 0 Å². The predicted molar refractivity (Wildman–Crippen MR) is 61.3 cm³/mol. The lowest BCUT2D eigenvalue weighted by molar-refractivity contribution is 0.250. The molecule has 0 unspecified atom stereocenters. The number of carbonyl (C=O) groups excluding carboxylic acids is 1. The van der Waals surface area contributed by atoms with Gasteiger partial charge in [-0.1, -0.05) is 18.2 Å². The standard InChI is InChI=1S/C12H9N3O/c13-12(16)15-6-5-11-9(7-15)8-3-1-2-4-10(8)14-11/h1-7H,(H2,13,16). The number of aromatic nitrogens is 2. The Morgan fingerprint density at radius 2 is 2.06 bits per heavy atom. The number of primary amides is 1. The normalized spacial score (nSPS) is 11.0. The molecule has 0 bridgehead atoms. The molecular weight excluding hydrogens is 202 g/mol. The molecule has 3 rings (SSSR count). The van der Waals surface area contributed by atoms with E-state index in [9.17, 15) is 4.79 Å². The molecule has 0 saturated heterocycles. The quantitative estimate of drug-likeness (QED) is 0.618. The first-order valence-corrected chi connectivity index (χ1v) is 4.92. The van der Waals surface area contributed by atoms with Crippen LogP contribution < -0.4 is 5.73 Å². The van der Waals surface area contributed by atoms with Crippen molar-refractivity contribution in [3.8, 4) is 11.3 Å². The van der Waals surface area contributed by atoms with Crippen LogP contribution in [-0.2, 0) is 0 Å². The van der Waals surface area contributed by atoms with Gasteiger partial charge in [-0.25, -0.2) is 9.78 Å². The van der Waals surface area contributed by atoms with Gasteiger partial charge in [0, 0.05) is 23.3 Å². The third kappa shape index (κ3) is 1.16. The number of rotatable bonds is 0. The lowest BCUT2D eigenvalue weighted by Crippen LogP contribution is -2.19. The SMILES string of the molecule is NC(=O)n1ccc2nc3ccccc3c-2c1. The number of carbonyl (C=O) groups is 1. The van der Waals surface area contributed by atoms with Gasteiger partial charge >= 0.3 is 6.03 Å². The lowest BCUT2D eigenvalue weighted by Gasteiger charge is -2.03. The average molecular weight is 211 g/mol. The van der Waals surface area contributed by atoms with Crippen LogP contribution in [-0.4, -0.2) is 15.6 Å². The number of nitrogens with zero attached hydrogens (tertiary/aromatic N) is 2. The summed E-state index contributed by atoms with van der Waals surface area (Å²) in [5, 5.41) is 1.04. The fraction of sp³-hybridized carbons (Fsp3) is 0. The summed E-state index contributed by atoms with van der Waals surface area (Å²) in [6, 6.07) is 9.12. The van der Waals surface area contributed by atoms with Crippen molar-refractivity contribution in [3.05, 3.63) is 42.7 Å². The molecule has 4 nitrogen and oxygen atoms in total. The molecule has 0 atom stereocenters. The maximum Gasteiger partial charge on any atom is 0.322 e. The monoisotopic (exact) mass is 211 g/mol. The summed E-state index contributed by atoms with van der Waals surface area (Å²) in [4.78, 5) is 15.5. The molecule has 0 saturated carbocycles. The van der Waals surface area contributed by atoms with Crippen molar-refractivity contribution in [1.82, 2.24) is 9.55 Å². The highest BCUT2D eigenvalue weighted by Gasteiger charge is 2.12. The summed E-state index contributed by atoms with van der Waals surface area (Å²) < 4.78 is 1.36. The van der Waals surface area contributed by atoms with Crippen LogP contribution >= 0.6 is 0 Å². The Balaban J connectivity index is 2.40. The minimum atomic E-state index is -0.493. The first kappa shape index (κ1) is 8.91. The van der Waals surface area contributed by atoms with Crippen LogP contribution in [0.5, 0.6) is 0 Å². The molecule has 0 fully saturated rings. The summed E-state index contributed by atoms with van der Waals surface area (Å²) in [7, 11) is 0. The molecule has 0 aliphatic carbocycles. The molecule has 2 N–H and O–H groups in total. The smallest absolute Gasteiger partial charge is 0.322 e. The van der Waals surface area contributed by atoms with Crippen molar-refractivity contribution in [2.45, 2.75) is 0 Å². The van der Waals surface area contributed by atoms with E-state index in [2.05, 4.69) is 4.98 Å². The van der Waals surface area contributed by atoms with Crippen LogP contribution in [0.15, 0.2) is 42.7 Å². The van der Waals surface area contributed by atoms with Crippen LogP contribution in [0.3, 0.4) is 0 Å². The first-order valence-electron chi connectivity index (χ1n) is 4.92. The predicted octanol–water partition coefficient (Wildman–Crippen LogP) is 2.07. The third-order valence-electron chi connectivity index (χ3n) is 2.63. The number of nitrogens with two attached hydrogens (primary N) is 1. The van der Waals surface area contributed by atoms with E-state index in [1.807, 2.05) is 24.3 Å². The van der Waals surface area contributed by atoms with Crippen molar-refractivity contribution >= 4 is 16.9 Å². The van der Waals surface area contributed by atoms with E-state index in [-0.39, 0.29) is 0 Å². The second-order valence-corrected chi connectivity index (χ2v) is 3.62. The fourth-order valence-electron chi connectivity index (χ4n) is 1.86. The second-order valence-electron chi connectivity index (χ2n) is 3.62. The zero-order chi connectivity index (χ0) is 11.1. The number of pyridine rings is 1. The van der Waals surface area contributed by atoms with Gasteiger partial charge in [0.2, 0.25) is 0 Å². The van der Waals surface area contributed by atoms with Gasteiger partial charge in [-0.2, -0.15) is 0 Å². The van der Waals surface area contributed by atoms with Crippen molar-refractivity contribution in [1.29, 1.82) is 0 Å². The van der Waals surface area contributed by atoms with Crippen LogP contribution in [0.4, 0.5) is 4.79 Å². The fourth-order valence-corrected chi connectivity index (χ4v) is 1.86. The number of benzene rings is 1. The first-order chi connectivity index (χ1) is 7.75. The number of hydrogen-bond acceptors (Lipinski definition) is 2. The third-order valence-corrected chi connectivity index (χ3v) is 2.63. The van der Waals surface area contributed by atoms with Gasteiger partial charge in [-0.3, -0.25) is 4.57 Å². The van der Waals surface area contributed by atoms with Gasteiger partial charge in [-0.05, 0) is 12.1 Å². The molecule has 78 valence electrons. The molecule has 4 heteroatoms. The van der Waals surface area contributed by atoms with Crippen LogP contribution in [0.2, 0.25) is 0 Å². The van der Waals surface area contributed by atoms with E-state index in [0.29, 0.717) is 0 Å². The molecule has 2 heterocycles. The Hall–Kier alpha value is -2.36. The van der Waals surface area contributed by atoms with Crippen LogP contribution in [0.1, 0.15) is 0 Å². The highest BCUT2D eigenvalue weighted by atomic mass is 16.2. The molecule has 0 aromatic heterocycles. The molecule has 2 aliphatic rings. The second kappa shape index (κ2) is 3.06. The molecule has 16 heavy (non-hydrogen) atoms. The van der Waals surface area contributed by atoms with E-state index in [1.165, 1.54) is 4.57 Å². The maximum absolute atomic E-state index is 11.1. The summed E-state index contributed by atoms with van der Waals surface area (Å²) in [6.07, 6.45) is 3.34. The van der Waals surface area contributed by atoms with Gasteiger partial charge in [0.1, 0.15) is 0 Å². The number of fused-ring (bicyclic) bond motifs is 3. The van der Waals surface area contributed by atoms with Crippen molar-refractivity contribution in [2.75, 3.05) is 0 Å². The van der Waals surface area contributed by atoms with Crippen molar-refractivity contribution in [2.24, 2.45) is 5.73 Å². The summed E-state index contributed by atoms with van der Waals surface area (Å²) in [6.45, 7) is 0. The van der Waals surface area contributed by atoms with Gasteiger partial charge < -0.3 is 5.73 Å². The van der Waals surface area contributed by atoms with Gasteiger partial charge in [-0.15, -0.1) is 0 Å². The van der Waals surface area contributed by atoms with Crippen molar-refractivity contribution < 1.29 is 4.79 Å². The molecule has 1 amide bonds. The minimum Gasteiger partial charge on any atom is -0.351 e. The molecule has 1 aromatic carbocycles. The van der Waals surface area contributed by atoms with Gasteiger partial charge in [0.15, 0.2) is 0 Å². The molecular formula is C12H9N3O. The van der Waals surface area contributed by atoms with Crippen LogP contribution in [0.25, 0.3) is 22.2 Å². The highest BCUT2D eigenvalue weighted by Crippen LogP contribution is 2.29. The topological polar surface area (TPSA) is 60.9 Å². The Kier molecular flexibility index (Phi) is 1.71. The maximum atomic E-state index is 11.1. The minimum absolute atomic E-state index is 0.493. The number of amides is 1. The summed E-state index contributed by atoms with van der Waals surface area (Å²) in [5.74, 6) is 0. The molecule has 2 aliphatic heterocycles. The zero-order valence-corrected chi connectivity index (χ0v) is 8.42. The zero-order valence-electron chi connectivity index (χ0n) is 8.42. The Morgan fingerprint density at radius 1 is 1.25 bits per heavy atom. The highest BCUT2D eigenvalue weighted by molar-refractivity contribution is 5.97. The molecule has 1 aromatic rings. The summed E-state index contributed by atoms with van der Waals surface area (Å²) in [5.41, 5.74) is 7.97. The average Bonchev–Trinajstić information content (AvgIpc) is 2.66. The Bertz CT molecular complexity index is 656. The number of hydrogen-bond donors (Lipinski definition) is 1. The van der Waals surface area contributed by atoms with E-state index < -0.39 is 6.03 Å². The van der Waals surface area contributed by atoms with Crippen LogP contribution in [0, 0.1) is 0 Å². The van der Waals surface area contributed by atoms with E-state index >= 15 is 0 Å². The van der Waals surface area contributed by atoms with Gasteiger partial charge in [0.05, 0.1) is 11.2 Å². The summed E-state index contributed by atoms with van der Waals surface area (Å²) >= 11 is 0. The van der Waals surface area contributed by atoms with E-state index in [4.69, 9.17) is 5.73 Å². The molecule has 0 spiro atoms. The largest absolute Gasteiger partial charge is 0.351 e. The lowest BCUT2D eigenvalue weighted by atomic mass is 10.1. The number of para-hydroxylation sites is 1. The van der Waals surface area contributed by atoms with E-state index in [1.54, 1.807) is 18.5 Å². The Labute approximate surface area is 91.7 Å². The Morgan fingerprint density at radius 3 is 2.88 bits per heavy atom. The van der Waals surface area contributed by atoms with E-state index in [0.717, 1.165) is 22.2 Å². The van der Waals surface area contributed by atoms with Crippen molar-refractivity contribution in [3.63, 3.8) is 0 Å².